The number of anilines is 1. The van der Waals surface area contributed by atoms with Crippen molar-refractivity contribution < 1.29 is 9.53 Å². The smallest absolute Gasteiger partial charge is 0.283 e. The van der Waals surface area contributed by atoms with E-state index in [4.69, 9.17) is 4.74 Å². The highest BCUT2D eigenvalue weighted by atomic mass is 16.5. The van der Waals surface area contributed by atoms with E-state index in [1.807, 2.05) is 44.2 Å². The number of aryl methyl sites for hydroxylation is 2. The summed E-state index contributed by atoms with van der Waals surface area (Å²) in [5, 5.41) is 10.7. The minimum absolute atomic E-state index is 0.123. The van der Waals surface area contributed by atoms with Crippen LogP contribution in [-0.2, 0) is 6.54 Å². The second-order valence-electron chi connectivity index (χ2n) is 5.76. The van der Waals surface area contributed by atoms with Gasteiger partial charge >= 0.3 is 0 Å². The number of hydrogen-bond donors (Lipinski definition) is 1. The fraction of sp³-hybridized carbons (Fsp3) is 0.222. The second kappa shape index (κ2) is 7.12. The molecule has 128 valence electrons. The molecule has 1 amide bonds. The fourth-order valence-electron chi connectivity index (χ4n) is 2.40. The van der Waals surface area contributed by atoms with Gasteiger partial charge in [-0.3, -0.25) is 4.79 Å². The number of amides is 1. The van der Waals surface area contributed by atoms with Crippen molar-refractivity contribution in [2.75, 3.05) is 12.4 Å². The monoisotopic (exact) mass is 337 g/mol. The van der Waals surface area contributed by atoms with E-state index in [1.165, 1.54) is 12.7 Å². The summed E-state index contributed by atoms with van der Waals surface area (Å²) < 4.78 is 6.91. The number of carbonyl (C=O) groups excluding carboxylic acids is 1. The van der Waals surface area contributed by atoms with Crippen LogP contribution in [0.15, 0.2) is 42.6 Å². The van der Waals surface area contributed by atoms with Gasteiger partial charge in [-0.2, -0.15) is 0 Å². The zero-order chi connectivity index (χ0) is 17.8. The van der Waals surface area contributed by atoms with Crippen LogP contribution in [-0.4, -0.2) is 33.0 Å². The predicted molar refractivity (Wildman–Crippen MR) is 93.8 cm³/mol. The number of hydrogen-bond acceptors (Lipinski definition) is 5. The van der Waals surface area contributed by atoms with E-state index in [0.29, 0.717) is 18.2 Å². The molecule has 0 aliphatic carbocycles. The number of nitrogens with one attached hydrogen (secondary N) is 1. The van der Waals surface area contributed by atoms with E-state index in [1.54, 1.807) is 16.9 Å². The lowest BCUT2D eigenvalue weighted by Gasteiger charge is -2.07. The Hall–Kier alpha value is -3.22. The van der Waals surface area contributed by atoms with Gasteiger partial charge < -0.3 is 10.1 Å². The van der Waals surface area contributed by atoms with E-state index in [9.17, 15) is 4.79 Å². The van der Waals surface area contributed by atoms with Crippen molar-refractivity contribution in [1.29, 1.82) is 0 Å². The number of benzene rings is 1. The Morgan fingerprint density at radius 1 is 1.16 bits per heavy atom. The topological polar surface area (TPSA) is 81.9 Å². The highest BCUT2D eigenvalue weighted by Gasteiger charge is 2.21. The van der Waals surface area contributed by atoms with Crippen LogP contribution in [0.2, 0.25) is 0 Å². The number of nitrogens with zero attached hydrogens (tertiary/aromatic N) is 4. The number of methoxy groups -OCH3 is 1. The number of pyridine rings is 1. The zero-order valence-electron chi connectivity index (χ0n) is 14.4. The van der Waals surface area contributed by atoms with E-state index in [2.05, 4.69) is 20.6 Å². The van der Waals surface area contributed by atoms with E-state index in [-0.39, 0.29) is 5.69 Å². The van der Waals surface area contributed by atoms with Crippen LogP contribution in [0, 0.1) is 13.8 Å². The lowest BCUT2D eigenvalue weighted by molar-refractivity contribution is 0.101. The molecule has 3 aromatic rings. The van der Waals surface area contributed by atoms with Gasteiger partial charge in [-0.15, -0.1) is 5.10 Å². The molecule has 0 saturated carbocycles. The summed E-state index contributed by atoms with van der Waals surface area (Å²) in [6, 6.07) is 11.7. The summed E-state index contributed by atoms with van der Waals surface area (Å²) in [4.78, 5) is 16.6. The lowest BCUT2D eigenvalue weighted by atomic mass is 10.1. The van der Waals surface area contributed by atoms with Crippen LogP contribution < -0.4 is 10.1 Å². The molecule has 0 bridgehead atoms. The van der Waals surface area contributed by atoms with E-state index >= 15 is 0 Å². The molecule has 3 rings (SSSR count). The van der Waals surface area contributed by atoms with Gasteiger partial charge in [0, 0.05) is 6.20 Å². The summed E-state index contributed by atoms with van der Waals surface area (Å²) in [7, 11) is 1.49. The molecule has 0 spiro atoms. The third-order valence-electron chi connectivity index (χ3n) is 3.71. The summed E-state index contributed by atoms with van der Waals surface area (Å²) in [6.45, 7) is 4.42. The molecule has 0 aliphatic rings. The maximum atomic E-state index is 12.5. The van der Waals surface area contributed by atoms with Crippen LogP contribution in [0.5, 0.6) is 5.88 Å². The standard InChI is InChI=1S/C18H19N5O2/c1-12-4-6-14(7-5-12)11-23-18(25-3)16(21-22-23)17(24)20-15-10-13(2)8-9-19-15/h4-10H,11H2,1-3H3,(H,19,20,24). The van der Waals surface area contributed by atoms with Crippen LogP contribution in [0.25, 0.3) is 0 Å². The van der Waals surface area contributed by atoms with E-state index < -0.39 is 5.91 Å². The van der Waals surface area contributed by atoms with Crippen molar-refractivity contribution in [3.8, 4) is 5.88 Å². The summed E-state index contributed by atoms with van der Waals surface area (Å²) in [5.41, 5.74) is 3.35. The molecular weight excluding hydrogens is 318 g/mol. The number of carbonyl (C=O) groups is 1. The van der Waals surface area contributed by atoms with Gasteiger partial charge in [-0.1, -0.05) is 35.0 Å². The Kier molecular flexibility index (Phi) is 4.74. The molecule has 7 heteroatoms. The zero-order valence-corrected chi connectivity index (χ0v) is 14.4. The lowest BCUT2D eigenvalue weighted by Crippen LogP contribution is -2.15. The molecule has 2 aromatic heterocycles. The summed E-state index contributed by atoms with van der Waals surface area (Å²) in [5.74, 6) is 0.357. The van der Waals surface area contributed by atoms with Gasteiger partial charge in [0.1, 0.15) is 5.82 Å². The first-order valence-electron chi connectivity index (χ1n) is 7.84. The highest BCUT2D eigenvalue weighted by Crippen LogP contribution is 2.18. The van der Waals surface area contributed by atoms with Gasteiger partial charge in [0.25, 0.3) is 5.91 Å². The van der Waals surface area contributed by atoms with Crippen LogP contribution >= 0.6 is 0 Å². The molecule has 0 fully saturated rings. The van der Waals surface area contributed by atoms with Crippen molar-refractivity contribution >= 4 is 11.7 Å². The van der Waals surface area contributed by atoms with Gasteiger partial charge in [0.2, 0.25) is 11.6 Å². The maximum Gasteiger partial charge on any atom is 0.283 e. The van der Waals surface area contributed by atoms with Crippen LogP contribution in [0.3, 0.4) is 0 Å². The number of rotatable bonds is 5. The van der Waals surface area contributed by atoms with Crippen molar-refractivity contribution in [2.24, 2.45) is 0 Å². The van der Waals surface area contributed by atoms with Gasteiger partial charge in [-0.05, 0) is 37.1 Å². The maximum absolute atomic E-state index is 12.5. The largest absolute Gasteiger partial charge is 0.479 e. The van der Waals surface area contributed by atoms with E-state index in [0.717, 1.165) is 11.1 Å². The normalized spacial score (nSPS) is 10.5. The Morgan fingerprint density at radius 2 is 1.92 bits per heavy atom. The third-order valence-corrected chi connectivity index (χ3v) is 3.71. The average molecular weight is 337 g/mol. The van der Waals surface area contributed by atoms with Crippen molar-refractivity contribution in [1.82, 2.24) is 20.0 Å². The summed E-state index contributed by atoms with van der Waals surface area (Å²) in [6.07, 6.45) is 1.64. The molecule has 7 nitrogen and oxygen atoms in total. The molecule has 0 atom stereocenters. The molecule has 0 radical (unpaired) electrons. The Labute approximate surface area is 145 Å². The summed E-state index contributed by atoms with van der Waals surface area (Å²) >= 11 is 0. The molecule has 25 heavy (non-hydrogen) atoms. The minimum atomic E-state index is -0.412. The predicted octanol–water partition coefficient (Wildman–Crippen LogP) is 2.60. The molecule has 0 unspecified atom stereocenters. The van der Waals surface area contributed by atoms with Crippen LogP contribution in [0.4, 0.5) is 5.82 Å². The van der Waals surface area contributed by atoms with Crippen molar-refractivity contribution in [3.05, 3.63) is 65.0 Å². The molecule has 1 aromatic carbocycles. The SMILES string of the molecule is COc1c(C(=O)Nc2cc(C)ccn2)nnn1Cc1ccc(C)cc1. The molecule has 1 N–H and O–H groups in total. The second-order valence-corrected chi connectivity index (χ2v) is 5.76. The van der Waals surface area contributed by atoms with Gasteiger partial charge in [0.15, 0.2) is 0 Å². The highest BCUT2D eigenvalue weighted by molar-refractivity contribution is 6.03. The van der Waals surface area contributed by atoms with Gasteiger partial charge in [-0.25, -0.2) is 9.67 Å². The Bertz CT molecular complexity index is 887. The van der Waals surface area contributed by atoms with Crippen LogP contribution in [0.1, 0.15) is 27.2 Å². The number of aromatic nitrogens is 4. The fourth-order valence-corrected chi connectivity index (χ4v) is 2.40. The van der Waals surface area contributed by atoms with Crippen molar-refractivity contribution in [2.45, 2.75) is 20.4 Å². The quantitative estimate of drug-likeness (QED) is 0.774. The Morgan fingerprint density at radius 3 is 2.60 bits per heavy atom. The first-order valence-corrected chi connectivity index (χ1v) is 7.84. The molecule has 0 aliphatic heterocycles. The first-order chi connectivity index (χ1) is 12.1. The molecule has 2 heterocycles. The Balaban J connectivity index is 1.81. The van der Waals surface area contributed by atoms with Gasteiger partial charge in [0.05, 0.1) is 13.7 Å². The molecule has 0 saturated heterocycles. The van der Waals surface area contributed by atoms with Crippen molar-refractivity contribution in [3.63, 3.8) is 0 Å². The first kappa shape index (κ1) is 16.6. The molecular formula is C18H19N5O2. The number of ether oxygens (including phenoxy) is 1. The third kappa shape index (κ3) is 3.82. The average Bonchev–Trinajstić information content (AvgIpc) is 2.99. The minimum Gasteiger partial charge on any atom is -0.479 e.